The monoisotopic (exact) mass is 498 g/mol. The molecule has 0 bridgehead atoms. The van der Waals surface area contributed by atoms with E-state index in [1.54, 1.807) is 0 Å². The van der Waals surface area contributed by atoms with Crippen LogP contribution in [0.15, 0.2) is 0 Å². The van der Waals surface area contributed by atoms with Gasteiger partial charge < -0.3 is 20.5 Å². The van der Waals surface area contributed by atoms with Gasteiger partial charge in [-0.25, -0.2) is 0 Å². The number of rotatable bonds is 27. The average Bonchev–Trinajstić information content (AvgIpc) is 2.83. The lowest BCUT2D eigenvalue weighted by Crippen LogP contribution is -2.28. The summed E-state index contributed by atoms with van der Waals surface area (Å²) in [5.74, 6) is -0.569. The molecule has 0 aromatic rings. The first-order chi connectivity index (χ1) is 17.1. The molecule has 7 nitrogen and oxygen atoms in total. The van der Waals surface area contributed by atoms with Crippen LogP contribution in [0.3, 0.4) is 0 Å². The molecule has 0 spiro atoms. The summed E-state index contributed by atoms with van der Waals surface area (Å²) in [5, 5.41) is 14.3. The number of amides is 2. The van der Waals surface area contributed by atoms with Gasteiger partial charge in [-0.3, -0.25) is 14.4 Å². The Kier molecular flexibility index (Phi) is 25.7. The maximum Gasteiger partial charge on any atom is 0.303 e. The van der Waals surface area contributed by atoms with Gasteiger partial charge in [-0.2, -0.15) is 0 Å². The van der Waals surface area contributed by atoms with Crippen molar-refractivity contribution in [2.75, 3.05) is 26.3 Å². The van der Waals surface area contributed by atoms with Crippen LogP contribution >= 0.6 is 0 Å². The summed E-state index contributed by atoms with van der Waals surface area (Å²) in [5.41, 5.74) is 0. The summed E-state index contributed by atoms with van der Waals surface area (Å²) in [6.45, 7) is 4.07. The van der Waals surface area contributed by atoms with E-state index in [2.05, 4.69) is 10.6 Å². The Morgan fingerprint density at radius 2 is 0.943 bits per heavy atom. The Hall–Kier alpha value is -1.63. The minimum Gasteiger partial charge on any atom is -0.481 e. The van der Waals surface area contributed by atoms with Gasteiger partial charge >= 0.3 is 5.97 Å². The number of ether oxygens (including phenoxy) is 1. The highest BCUT2D eigenvalue weighted by molar-refractivity contribution is 5.76. The van der Waals surface area contributed by atoms with Crippen LogP contribution in [0, 0.1) is 0 Å². The molecule has 206 valence electrons. The van der Waals surface area contributed by atoms with E-state index in [4.69, 9.17) is 9.84 Å². The molecule has 0 saturated heterocycles. The number of nitrogens with one attached hydrogen (secondary N) is 2. The van der Waals surface area contributed by atoms with Crippen molar-refractivity contribution in [3.05, 3.63) is 0 Å². The van der Waals surface area contributed by atoms with Gasteiger partial charge in [-0.05, 0) is 19.3 Å². The molecule has 0 rings (SSSR count). The molecule has 0 unspecified atom stereocenters. The fraction of sp³-hybridized carbons (Fsp3) is 0.893. The Bertz CT molecular complexity index is 514. The molecule has 7 heteroatoms. The number of carboxylic acid groups (broad SMARTS) is 1. The first kappa shape index (κ1) is 33.4. The summed E-state index contributed by atoms with van der Waals surface area (Å²) in [7, 11) is 0. The van der Waals surface area contributed by atoms with Crippen LogP contribution in [0.25, 0.3) is 0 Å². The lowest BCUT2D eigenvalue weighted by atomic mass is 10.0. The molecule has 2 amide bonds. The van der Waals surface area contributed by atoms with Gasteiger partial charge in [0, 0.05) is 32.4 Å². The standard InChI is InChI=1S/C28H54N2O5/c1-2-22-29-27(32)21-24-35-25-23-30-26(31)19-17-15-13-11-9-7-5-3-4-6-8-10-12-14-16-18-20-28(33)34/h2-25H2,1H3,(H,29,32)(H,30,31)(H,33,34). The van der Waals surface area contributed by atoms with Gasteiger partial charge in [0.1, 0.15) is 0 Å². The Morgan fingerprint density at radius 3 is 1.40 bits per heavy atom. The van der Waals surface area contributed by atoms with Crippen molar-refractivity contribution in [2.45, 2.75) is 135 Å². The van der Waals surface area contributed by atoms with Gasteiger partial charge in [0.25, 0.3) is 0 Å². The van der Waals surface area contributed by atoms with E-state index in [0.29, 0.717) is 45.6 Å². The number of hydrogen-bond acceptors (Lipinski definition) is 4. The Labute approximate surface area is 214 Å². The summed E-state index contributed by atoms with van der Waals surface area (Å²) in [6, 6.07) is 0. The number of carbonyl (C=O) groups is 3. The fourth-order valence-electron chi connectivity index (χ4n) is 4.01. The van der Waals surface area contributed by atoms with Crippen LogP contribution in [0.5, 0.6) is 0 Å². The van der Waals surface area contributed by atoms with E-state index in [-0.39, 0.29) is 11.8 Å². The zero-order valence-electron chi connectivity index (χ0n) is 22.6. The van der Waals surface area contributed by atoms with Crippen molar-refractivity contribution >= 4 is 17.8 Å². The van der Waals surface area contributed by atoms with E-state index >= 15 is 0 Å². The van der Waals surface area contributed by atoms with E-state index in [9.17, 15) is 14.4 Å². The molecule has 0 heterocycles. The van der Waals surface area contributed by atoms with Crippen molar-refractivity contribution in [1.29, 1.82) is 0 Å². The molecule has 0 fully saturated rings. The molecule has 0 atom stereocenters. The smallest absolute Gasteiger partial charge is 0.303 e. The third kappa shape index (κ3) is 28.5. The SMILES string of the molecule is CCCNC(=O)CCOCCNC(=O)CCCCCCCCCCCCCCCCCCC(=O)O. The van der Waals surface area contributed by atoms with Crippen LogP contribution in [0.4, 0.5) is 0 Å². The maximum absolute atomic E-state index is 11.8. The van der Waals surface area contributed by atoms with Crippen LogP contribution in [-0.4, -0.2) is 49.2 Å². The van der Waals surface area contributed by atoms with Gasteiger partial charge in [-0.1, -0.05) is 96.8 Å². The first-order valence-corrected chi connectivity index (χ1v) is 14.4. The van der Waals surface area contributed by atoms with E-state index in [1.165, 1.54) is 77.0 Å². The summed E-state index contributed by atoms with van der Waals surface area (Å²) < 4.78 is 5.39. The van der Waals surface area contributed by atoms with Crippen LogP contribution in [0.1, 0.15) is 135 Å². The first-order valence-electron chi connectivity index (χ1n) is 14.4. The second kappa shape index (κ2) is 27.0. The Morgan fingerprint density at radius 1 is 0.543 bits per heavy atom. The summed E-state index contributed by atoms with van der Waals surface area (Å²) in [6.07, 6.45) is 21.6. The molecular weight excluding hydrogens is 444 g/mol. The molecule has 0 aliphatic heterocycles. The van der Waals surface area contributed by atoms with Gasteiger partial charge in [0.2, 0.25) is 11.8 Å². The molecular formula is C28H54N2O5. The highest BCUT2D eigenvalue weighted by Gasteiger charge is 2.02. The topological polar surface area (TPSA) is 105 Å². The number of hydrogen-bond donors (Lipinski definition) is 3. The van der Waals surface area contributed by atoms with Crippen LogP contribution in [-0.2, 0) is 19.1 Å². The lowest BCUT2D eigenvalue weighted by Gasteiger charge is -2.07. The highest BCUT2D eigenvalue weighted by atomic mass is 16.5. The van der Waals surface area contributed by atoms with Crippen LogP contribution < -0.4 is 10.6 Å². The molecule has 0 aliphatic rings. The summed E-state index contributed by atoms with van der Waals surface area (Å²) >= 11 is 0. The van der Waals surface area contributed by atoms with Crippen LogP contribution in [0.2, 0.25) is 0 Å². The van der Waals surface area contributed by atoms with Crippen molar-refractivity contribution in [1.82, 2.24) is 10.6 Å². The fourth-order valence-corrected chi connectivity index (χ4v) is 4.01. The molecule has 35 heavy (non-hydrogen) atoms. The zero-order chi connectivity index (χ0) is 25.8. The average molecular weight is 499 g/mol. The normalized spacial score (nSPS) is 10.9. The summed E-state index contributed by atoms with van der Waals surface area (Å²) in [4.78, 5) is 33.7. The molecule has 0 saturated carbocycles. The van der Waals surface area contributed by atoms with Gasteiger partial charge in [0.05, 0.1) is 13.2 Å². The van der Waals surface area contributed by atoms with Gasteiger partial charge in [-0.15, -0.1) is 0 Å². The number of carbonyl (C=O) groups excluding carboxylic acids is 2. The van der Waals surface area contributed by atoms with Crippen molar-refractivity contribution in [3.8, 4) is 0 Å². The predicted octanol–water partition coefficient (Wildman–Crippen LogP) is 6.14. The van der Waals surface area contributed by atoms with E-state index in [0.717, 1.165) is 32.1 Å². The van der Waals surface area contributed by atoms with Gasteiger partial charge in [0.15, 0.2) is 0 Å². The van der Waals surface area contributed by atoms with Crippen molar-refractivity contribution in [2.24, 2.45) is 0 Å². The van der Waals surface area contributed by atoms with Crippen molar-refractivity contribution < 1.29 is 24.2 Å². The molecule has 0 radical (unpaired) electrons. The number of aliphatic carboxylic acids is 1. The zero-order valence-corrected chi connectivity index (χ0v) is 22.6. The maximum atomic E-state index is 11.8. The van der Waals surface area contributed by atoms with E-state index < -0.39 is 5.97 Å². The third-order valence-corrected chi connectivity index (χ3v) is 6.16. The minimum atomic E-state index is -0.675. The molecule has 0 aliphatic carbocycles. The number of carboxylic acids is 1. The third-order valence-electron chi connectivity index (χ3n) is 6.16. The van der Waals surface area contributed by atoms with Crippen molar-refractivity contribution in [3.63, 3.8) is 0 Å². The largest absolute Gasteiger partial charge is 0.481 e. The number of unbranched alkanes of at least 4 members (excludes halogenated alkanes) is 15. The molecule has 0 aromatic heterocycles. The van der Waals surface area contributed by atoms with E-state index in [1.807, 2.05) is 6.92 Å². The quantitative estimate of drug-likeness (QED) is 0.118. The predicted molar refractivity (Wildman–Crippen MR) is 142 cm³/mol. The second-order valence-electron chi connectivity index (χ2n) is 9.61. The minimum absolute atomic E-state index is 0.0156. The second-order valence-corrected chi connectivity index (χ2v) is 9.61. The molecule has 0 aromatic carbocycles. The Balaban J connectivity index is 3.20. The lowest BCUT2D eigenvalue weighted by molar-refractivity contribution is -0.137. The highest BCUT2D eigenvalue weighted by Crippen LogP contribution is 2.14. The molecule has 3 N–H and O–H groups in total.